The van der Waals surface area contributed by atoms with Gasteiger partial charge in [-0.2, -0.15) is 0 Å². The molecule has 0 atom stereocenters. The van der Waals surface area contributed by atoms with Crippen LogP contribution in [0.15, 0.2) is 66.2 Å². The first-order valence-corrected chi connectivity index (χ1v) is 8.83. The molecule has 1 amide bonds. The molecule has 0 saturated heterocycles. The van der Waals surface area contributed by atoms with E-state index in [1.165, 1.54) is 11.3 Å². The van der Waals surface area contributed by atoms with E-state index in [-0.39, 0.29) is 5.91 Å². The number of fused-ring (bicyclic) bond motifs is 1. The Morgan fingerprint density at radius 3 is 2.68 bits per heavy atom. The lowest BCUT2D eigenvalue weighted by Gasteiger charge is -2.05. The normalized spacial score (nSPS) is 10.8. The minimum Gasteiger partial charge on any atom is -0.298 e. The summed E-state index contributed by atoms with van der Waals surface area (Å²) in [6.45, 7) is 0. The van der Waals surface area contributed by atoms with Gasteiger partial charge in [0.05, 0.1) is 16.8 Å². The molecule has 4 nitrogen and oxygen atoms in total. The average molecular weight is 366 g/mol. The summed E-state index contributed by atoms with van der Waals surface area (Å²) in [5.41, 5.74) is 2.96. The van der Waals surface area contributed by atoms with Crippen molar-refractivity contribution in [1.29, 1.82) is 0 Å². The summed E-state index contributed by atoms with van der Waals surface area (Å²) in [4.78, 5) is 21.4. The SMILES string of the molecule is O=C(Nc1nc(-c2ccc(Cl)cc2)cs1)c1cccc2cccnc12. The highest BCUT2D eigenvalue weighted by atomic mass is 35.5. The molecule has 4 rings (SSSR count). The Labute approximate surface area is 153 Å². The Hall–Kier alpha value is -2.76. The van der Waals surface area contributed by atoms with E-state index < -0.39 is 0 Å². The average Bonchev–Trinajstić information content (AvgIpc) is 3.10. The number of amides is 1. The number of carbonyl (C=O) groups excluding carboxylic acids is 1. The molecule has 122 valence electrons. The van der Waals surface area contributed by atoms with Gasteiger partial charge in [0, 0.05) is 27.5 Å². The van der Waals surface area contributed by atoms with E-state index in [2.05, 4.69) is 15.3 Å². The molecule has 2 aromatic carbocycles. The van der Waals surface area contributed by atoms with E-state index in [4.69, 9.17) is 11.6 Å². The highest BCUT2D eigenvalue weighted by molar-refractivity contribution is 7.14. The monoisotopic (exact) mass is 365 g/mol. The highest BCUT2D eigenvalue weighted by Gasteiger charge is 2.13. The fraction of sp³-hybridized carbons (Fsp3) is 0. The lowest BCUT2D eigenvalue weighted by molar-refractivity contribution is 0.102. The van der Waals surface area contributed by atoms with Crippen LogP contribution in [0.4, 0.5) is 5.13 Å². The van der Waals surface area contributed by atoms with E-state index in [0.717, 1.165) is 16.6 Å². The molecule has 0 bridgehead atoms. The zero-order valence-electron chi connectivity index (χ0n) is 12.9. The van der Waals surface area contributed by atoms with Crippen LogP contribution in [0.3, 0.4) is 0 Å². The van der Waals surface area contributed by atoms with Crippen molar-refractivity contribution in [3.63, 3.8) is 0 Å². The summed E-state index contributed by atoms with van der Waals surface area (Å²) in [6.07, 6.45) is 1.68. The summed E-state index contributed by atoms with van der Waals surface area (Å²) >= 11 is 7.29. The minimum atomic E-state index is -0.221. The lowest BCUT2D eigenvalue weighted by Crippen LogP contribution is -2.12. The molecule has 0 spiro atoms. The van der Waals surface area contributed by atoms with Crippen molar-refractivity contribution in [2.45, 2.75) is 0 Å². The van der Waals surface area contributed by atoms with Crippen molar-refractivity contribution in [2.24, 2.45) is 0 Å². The quantitative estimate of drug-likeness (QED) is 0.538. The maximum Gasteiger partial charge on any atom is 0.259 e. The second-order valence-corrected chi connectivity index (χ2v) is 6.67. The van der Waals surface area contributed by atoms with Gasteiger partial charge in [-0.1, -0.05) is 41.9 Å². The number of nitrogens with one attached hydrogen (secondary N) is 1. The van der Waals surface area contributed by atoms with Gasteiger partial charge < -0.3 is 0 Å². The molecule has 2 aromatic heterocycles. The number of halogens is 1. The van der Waals surface area contributed by atoms with Gasteiger partial charge in [-0.3, -0.25) is 15.1 Å². The molecule has 6 heteroatoms. The maximum absolute atomic E-state index is 12.6. The Bertz CT molecular complexity index is 1050. The third kappa shape index (κ3) is 3.24. The number of aromatic nitrogens is 2. The van der Waals surface area contributed by atoms with Crippen LogP contribution >= 0.6 is 22.9 Å². The fourth-order valence-electron chi connectivity index (χ4n) is 2.54. The number of pyridine rings is 1. The molecule has 2 heterocycles. The van der Waals surface area contributed by atoms with Crippen LogP contribution in [0.5, 0.6) is 0 Å². The number of hydrogen-bond donors (Lipinski definition) is 1. The Balaban J connectivity index is 1.60. The van der Waals surface area contributed by atoms with Gasteiger partial charge >= 0.3 is 0 Å². The van der Waals surface area contributed by atoms with Crippen LogP contribution in [0.2, 0.25) is 5.02 Å². The second kappa shape index (κ2) is 6.63. The number of thiazole rings is 1. The van der Waals surface area contributed by atoms with Crippen LogP contribution in [-0.4, -0.2) is 15.9 Å². The molecule has 4 aromatic rings. The van der Waals surface area contributed by atoms with Gasteiger partial charge in [-0.05, 0) is 24.3 Å². The number of anilines is 1. The molecular weight excluding hydrogens is 354 g/mol. The molecule has 25 heavy (non-hydrogen) atoms. The van der Waals surface area contributed by atoms with Crippen molar-refractivity contribution >= 4 is 44.9 Å². The smallest absolute Gasteiger partial charge is 0.259 e. The van der Waals surface area contributed by atoms with E-state index >= 15 is 0 Å². The van der Waals surface area contributed by atoms with E-state index in [1.807, 2.05) is 53.9 Å². The molecular formula is C19H12ClN3OS. The molecule has 0 radical (unpaired) electrons. The lowest BCUT2D eigenvalue weighted by atomic mass is 10.1. The Kier molecular flexibility index (Phi) is 4.17. The van der Waals surface area contributed by atoms with Crippen molar-refractivity contribution in [3.05, 3.63) is 76.8 Å². The molecule has 0 aliphatic heterocycles. The third-order valence-corrected chi connectivity index (χ3v) is 4.75. The number of para-hydroxylation sites is 1. The number of rotatable bonds is 3. The van der Waals surface area contributed by atoms with E-state index in [0.29, 0.717) is 21.2 Å². The van der Waals surface area contributed by atoms with Crippen molar-refractivity contribution in [1.82, 2.24) is 9.97 Å². The van der Waals surface area contributed by atoms with Gasteiger partial charge in [-0.25, -0.2) is 4.98 Å². The number of carbonyl (C=O) groups is 1. The maximum atomic E-state index is 12.6. The summed E-state index contributed by atoms with van der Waals surface area (Å²) in [7, 11) is 0. The Morgan fingerprint density at radius 1 is 1.04 bits per heavy atom. The first-order valence-electron chi connectivity index (χ1n) is 7.57. The van der Waals surface area contributed by atoms with Crippen molar-refractivity contribution < 1.29 is 4.79 Å². The number of nitrogens with zero attached hydrogens (tertiary/aromatic N) is 2. The summed E-state index contributed by atoms with van der Waals surface area (Å²) in [5, 5.41) is 6.91. The van der Waals surface area contributed by atoms with Gasteiger partial charge in [0.15, 0.2) is 5.13 Å². The first kappa shape index (κ1) is 15.7. The minimum absolute atomic E-state index is 0.221. The van der Waals surface area contributed by atoms with E-state index in [9.17, 15) is 4.79 Å². The molecule has 0 unspecified atom stereocenters. The van der Waals surface area contributed by atoms with Crippen LogP contribution in [0.25, 0.3) is 22.2 Å². The van der Waals surface area contributed by atoms with Gasteiger partial charge in [0.1, 0.15) is 0 Å². The fourth-order valence-corrected chi connectivity index (χ4v) is 3.38. The van der Waals surface area contributed by atoms with Gasteiger partial charge in [0.25, 0.3) is 5.91 Å². The highest BCUT2D eigenvalue weighted by Crippen LogP contribution is 2.26. The summed E-state index contributed by atoms with van der Waals surface area (Å²) in [5.74, 6) is -0.221. The number of benzene rings is 2. The summed E-state index contributed by atoms with van der Waals surface area (Å²) < 4.78 is 0. The predicted molar refractivity (Wildman–Crippen MR) is 102 cm³/mol. The molecule has 0 saturated carbocycles. The largest absolute Gasteiger partial charge is 0.298 e. The zero-order valence-corrected chi connectivity index (χ0v) is 14.5. The van der Waals surface area contributed by atoms with Gasteiger partial charge in [-0.15, -0.1) is 11.3 Å². The van der Waals surface area contributed by atoms with Crippen LogP contribution in [0.1, 0.15) is 10.4 Å². The third-order valence-electron chi connectivity index (χ3n) is 3.74. The standard InChI is InChI=1S/C19H12ClN3OS/c20-14-8-6-12(7-9-14)16-11-25-19(22-16)23-18(24)15-5-1-3-13-4-2-10-21-17(13)15/h1-11H,(H,22,23,24). The van der Waals surface area contributed by atoms with Crippen LogP contribution in [-0.2, 0) is 0 Å². The molecule has 1 N–H and O–H groups in total. The number of hydrogen-bond acceptors (Lipinski definition) is 4. The topological polar surface area (TPSA) is 54.9 Å². The first-order chi connectivity index (χ1) is 12.2. The van der Waals surface area contributed by atoms with Crippen LogP contribution in [0, 0.1) is 0 Å². The molecule has 0 aliphatic rings. The van der Waals surface area contributed by atoms with Crippen LogP contribution < -0.4 is 5.32 Å². The Morgan fingerprint density at radius 2 is 1.84 bits per heavy atom. The molecule has 0 fully saturated rings. The molecule has 0 aliphatic carbocycles. The van der Waals surface area contributed by atoms with Crippen molar-refractivity contribution in [2.75, 3.05) is 5.32 Å². The summed E-state index contributed by atoms with van der Waals surface area (Å²) in [6, 6.07) is 16.8. The van der Waals surface area contributed by atoms with Crippen molar-refractivity contribution in [3.8, 4) is 11.3 Å². The predicted octanol–water partition coefficient (Wildman–Crippen LogP) is 5.26. The van der Waals surface area contributed by atoms with E-state index in [1.54, 1.807) is 12.3 Å². The second-order valence-electron chi connectivity index (χ2n) is 5.38. The van der Waals surface area contributed by atoms with Gasteiger partial charge in [0.2, 0.25) is 0 Å². The zero-order chi connectivity index (χ0) is 17.2.